The van der Waals surface area contributed by atoms with Gasteiger partial charge in [-0.05, 0) is 42.5 Å². The van der Waals surface area contributed by atoms with Crippen LogP contribution in [0.25, 0.3) is 0 Å². The van der Waals surface area contributed by atoms with E-state index >= 15 is 0 Å². The first-order valence-electron chi connectivity index (χ1n) is 9.12. The fourth-order valence-electron chi connectivity index (χ4n) is 3.97. The fourth-order valence-corrected chi connectivity index (χ4v) is 3.97. The lowest BCUT2D eigenvalue weighted by Gasteiger charge is -2.23. The van der Waals surface area contributed by atoms with Gasteiger partial charge in [0.1, 0.15) is 11.9 Å². The topological polar surface area (TPSA) is 61.4 Å². The number of benzene rings is 1. The molecule has 5 heteroatoms. The number of carbonyl (C=O) groups is 1. The summed E-state index contributed by atoms with van der Waals surface area (Å²) in [5.74, 6) is 0.181. The monoisotopic (exact) mass is 334 g/mol. The zero-order valence-electron chi connectivity index (χ0n) is 14.1. The van der Waals surface area contributed by atoms with Gasteiger partial charge in [0.15, 0.2) is 0 Å². The van der Waals surface area contributed by atoms with Gasteiger partial charge in [-0.15, -0.1) is 0 Å². The molecular weight excluding hydrogens is 307 g/mol. The van der Waals surface area contributed by atoms with Crippen LogP contribution in [0.15, 0.2) is 18.2 Å². The summed E-state index contributed by atoms with van der Waals surface area (Å²) in [6, 6.07) is 4.79. The van der Waals surface area contributed by atoms with E-state index in [2.05, 4.69) is 10.6 Å². The molecule has 1 aromatic rings. The molecule has 0 saturated heterocycles. The van der Waals surface area contributed by atoms with Crippen molar-refractivity contribution in [3.8, 4) is 0 Å². The Morgan fingerprint density at radius 3 is 2.92 bits per heavy atom. The number of fused-ring (bicyclic) bond motifs is 1. The lowest BCUT2D eigenvalue weighted by Crippen LogP contribution is -2.37. The van der Waals surface area contributed by atoms with Gasteiger partial charge in [0.05, 0.1) is 0 Å². The summed E-state index contributed by atoms with van der Waals surface area (Å²) in [5, 5.41) is 16.2. The Bertz CT molecular complexity index is 572. The number of rotatable bonds is 6. The zero-order chi connectivity index (χ0) is 16.9. The Balaban J connectivity index is 1.42. The first-order chi connectivity index (χ1) is 11.6. The molecule has 3 N–H and O–H groups in total. The normalized spacial score (nSPS) is 21.8. The van der Waals surface area contributed by atoms with Crippen molar-refractivity contribution in [2.75, 3.05) is 18.4 Å². The minimum atomic E-state index is -0.903. The maximum Gasteiger partial charge on any atom is 0.248 e. The summed E-state index contributed by atoms with van der Waals surface area (Å²) < 4.78 is 13.4. The highest BCUT2D eigenvalue weighted by atomic mass is 19.1. The third kappa shape index (κ3) is 4.26. The summed E-state index contributed by atoms with van der Waals surface area (Å²) >= 11 is 0. The Morgan fingerprint density at radius 1 is 1.33 bits per heavy atom. The lowest BCUT2D eigenvalue weighted by molar-refractivity contribution is -0.130. The van der Waals surface area contributed by atoms with E-state index in [1.54, 1.807) is 12.1 Å². The van der Waals surface area contributed by atoms with Gasteiger partial charge < -0.3 is 15.7 Å². The number of hydrogen-bond donors (Lipinski definition) is 3. The van der Waals surface area contributed by atoms with Gasteiger partial charge in [-0.1, -0.05) is 32.1 Å². The molecule has 3 rings (SSSR count). The second kappa shape index (κ2) is 7.97. The van der Waals surface area contributed by atoms with Gasteiger partial charge in [0, 0.05) is 24.7 Å². The van der Waals surface area contributed by atoms with E-state index < -0.39 is 6.10 Å². The van der Waals surface area contributed by atoms with E-state index in [1.807, 2.05) is 0 Å². The van der Waals surface area contributed by atoms with Crippen molar-refractivity contribution >= 4 is 11.6 Å². The zero-order valence-corrected chi connectivity index (χ0v) is 14.1. The third-order valence-corrected chi connectivity index (χ3v) is 5.37. The number of carbonyl (C=O) groups excluding carboxylic acids is 1. The molecule has 0 spiro atoms. The first-order valence-corrected chi connectivity index (χ1v) is 9.12. The predicted octanol–water partition coefficient (Wildman–Crippen LogP) is 3.17. The summed E-state index contributed by atoms with van der Waals surface area (Å²) in [6.07, 6.45) is 6.36. The molecule has 4 nitrogen and oxygen atoms in total. The average Bonchev–Trinajstić information content (AvgIpc) is 2.98. The molecule has 24 heavy (non-hydrogen) atoms. The van der Waals surface area contributed by atoms with Crippen molar-refractivity contribution in [1.82, 2.24) is 5.32 Å². The second-order valence-corrected chi connectivity index (χ2v) is 7.14. The highest BCUT2D eigenvalue weighted by Gasteiger charge is 2.24. The molecule has 132 valence electrons. The summed E-state index contributed by atoms with van der Waals surface area (Å²) in [4.78, 5) is 12.1. The molecule has 2 atom stereocenters. The van der Waals surface area contributed by atoms with Crippen LogP contribution in [0.4, 0.5) is 10.1 Å². The quantitative estimate of drug-likeness (QED) is 0.749. The van der Waals surface area contributed by atoms with Gasteiger partial charge in [0.25, 0.3) is 0 Å². The maximum atomic E-state index is 13.4. The minimum absolute atomic E-state index is 0.200. The molecule has 1 fully saturated rings. The highest BCUT2D eigenvalue weighted by molar-refractivity contribution is 5.80. The number of aliphatic hydroxyl groups excluding tert-OH is 1. The molecule has 1 amide bonds. The molecule has 1 aliphatic heterocycles. The number of anilines is 1. The van der Waals surface area contributed by atoms with E-state index in [1.165, 1.54) is 25.3 Å². The molecule has 1 aromatic carbocycles. The Morgan fingerprint density at radius 2 is 2.12 bits per heavy atom. The molecule has 0 aromatic heterocycles. The SMILES string of the molecule is O=C(NCCC1CNc2ccc(F)cc21)[C@@H](O)CC1CCCCC1. The Hall–Kier alpha value is -1.62. The molecule has 1 aliphatic carbocycles. The first kappa shape index (κ1) is 17.2. The fraction of sp³-hybridized carbons (Fsp3) is 0.632. The number of amides is 1. The molecular formula is C19H27FN2O2. The molecule has 2 aliphatic rings. The molecule has 1 heterocycles. The highest BCUT2D eigenvalue weighted by Crippen LogP contribution is 2.33. The van der Waals surface area contributed by atoms with Crippen molar-refractivity contribution in [2.24, 2.45) is 5.92 Å². The average molecular weight is 334 g/mol. The van der Waals surface area contributed by atoms with Crippen LogP contribution in [0, 0.1) is 11.7 Å². The standard InChI is InChI=1S/C19H27FN2O2/c20-15-6-7-17-16(11-15)14(12-22-17)8-9-21-19(24)18(23)10-13-4-2-1-3-5-13/h6-7,11,13-14,18,22-23H,1-5,8-10,12H2,(H,21,24)/t14?,18-/m0/s1. The van der Waals surface area contributed by atoms with E-state index in [-0.39, 0.29) is 17.6 Å². The van der Waals surface area contributed by atoms with Crippen LogP contribution in [0.2, 0.25) is 0 Å². The summed E-state index contributed by atoms with van der Waals surface area (Å²) in [7, 11) is 0. The van der Waals surface area contributed by atoms with Crippen molar-refractivity contribution in [1.29, 1.82) is 0 Å². The predicted molar refractivity (Wildman–Crippen MR) is 92.5 cm³/mol. The number of halogens is 1. The number of nitrogens with one attached hydrogen (secondary N) is 2. The molecule has 1 unspecified atom stereocenters. The summed E-state index contributed by atoms with van der Waals surface area (Å²) in [5.41, 5.74) is 1.96. The lowest BCUT2D eigenvalue weighted by atomic mass is 9.85. The van der Waals surface area contributed by atoms with Gasteiger partial charge in [-0.25, -0.2) is 4.39 Å². The van der Waals surface area contributed by atoms with Gasteiger partial charge in [-0.2, -0.15) is 0 Å². The smallest absolute Gasteiger partial charge is 0.248 e. The third-order valence-electron chi connectivity index (χ3n) is 5.37. The maximum absolute atomic E-state index is 13.4. The summed E-state index contributed by atoms with van der Waals surface area (Å²) in [6.45, 7) is 1.27. The minimum Gasteiger partial charge on any atom is -0.384 e. The van der Waals surface area contributed by atoms with Crippen molar-refractivity contribution < 1.29 is 14.3 Å². The molecule has 1 saturated carbocycles. The largest absolute Gasteiger partial charge is 0.384 e. The van der Waals surface area contributed by atoms with Crippen molar-refractivity contribution in [3.63, 3.8) is 0 Å². The number of hydrogen-bond acceptors (Lipinski definition) is 3. The van der Waals surface area contributed by atoms with Crippen LogP contribution in [0.1, 0.15) is 56.4 Å². The van der Waals surface area contributed by atoms with Crippen LogP contribution in [-0.4, -0.2) is 30.2 Å². The van der Waals surface area contributed by atoms with Gasteiger partial charge in [-0.3, -0.25) is 4.79 Å². The van der Waals surface area contributed by atoms with Crippen molar-refractivity contribution in [3.05, 3.63) is 29.6 Å². The van der Waals surface area contributed by atoms with Crippen molar-refractivity contribution in [2.45, 2.75) is 57.0 Å². The number of aliphatic hydroxyl groups is 1. The van der Waals surface area contributed by atoms with Crippen LogP contribution < -0.4 is 10.6 Å². The van der Waals surface area contributed by atoms with Gasteiger partial charge >= 0.3 is 0 Å². The van der Waals surface area contributed by atoms with E-state index in [0.29, 0.717) is 18.9 Å². The van der Waals surface area contributed by atoms with Gasteiger partial charge in [0.2, 0.25) is 5.91 Å². The van der Waals surface area contributed by atoms with Crippen LogP contribution in [0.3, 0.4) is 0 Å². The van der Waals surface area contributed by atoms with Crippen LogP contribution in [0.5, 0.6) is 0 Å². The Labute approximate surface area is 142 Å². The Kier molecular flexibility index (Phi) is 5.72. The van der Waals surface area contributed by atoms with E-state index in [0.717, 1.165) is 37.1 Å². The molecule has 0 radical (unpaired) electrons. The van der Waals surface area contributed by atoms with E-state index in [4.69, 9.17) is 0 Å². The molecule has 0 bridgehead atoms. The van der Waals surface area contributed by atoms with Crippen LogP contribution in [-0.2, 0) is 4.79 Å². The van der Waals surface area contributed by atoms with Crippen LogP contribution >= 0.6 is 0 Å². The van der Waals surface area contributed by atoms with E-state index in [9.17, 15) is 14.3 Å². The second-order valence-electron chi connectivity index (χ2n) is 7.14.